The van der Waals surface area contributed by atoms with Crippen LogP contribution in [0.2, 0.25) is 25.7 Å². The van der Waals surface area contributed by atoms with Crippen molar-refractivity contribution in [3.63, 3.8) is 0 Å². The zero-order valence-electron chi connectivity index (χ0n) is 23.7. The number of aromatic nitrogens is 2. The molecule has 214 valence electrons. The molecule has 1 amide bonds. The van der Waals surface area contributed by atoms with Crippen LogP contribution in [0.4, 0.5) is 4.39 Å². The number of hydrogen-bond donors (Lipinski definition) is 0. The van der Waals surface area contributed by atoms with E-state index in [2.05, 4.69) is 52.4 Å². The number of benzene rings is 1. The molecule has 0 atom stereocenters. The highest BCUT2D eigenvalue weighted by Gasteiger charge is 2.30. The third-order valence-electron chi connectivity index (χ3n) is 7.37. The van der Waals surface area contributed by atoms with Gasteiger partial charge in [-0.25, -0.2) is 19.3 Å². The third-order valence-corrected chi connectivity index (χ3v) is 9.07. The molecule has 0 saturated carbocycles. The minimum absolute atomic E-state index is 0.0529. The first kappa shape index (κ1) is 28.6. The number of rotatable bonds is 11. The van der Waals surface area contributed by atoms with Gasteiger partial charge in [-0.3, -0.25) is 9.69 Å². The zero-order valence-corrected chi connectivity index (χ0v) is 24.7. The zero-order chi connectivity index (χ0) is 28.1. The predicted molar refractivity (Wildman–Crippen MR) is 156 cm³/mol. The van der Waals surface area contributed by atoms with Gasteiger partial charge in [-0.1, -0.05) is 43.9 Å². The van der Waals surface area contributed by atoms with Crippen LogP contribution in [0.1, 0.15) is 27.2 Å². The van der Waals surface area contributed by atoms with Crippen LogP contribution in [-0.4, -0.2) is 86.3 Å². The monoisotopic (exact) mass is 566 g/mol. The van der Waals surface area contributed by atoms with Crippen LogP contribution in [0.15, 0.2) is 42.7 Å². The second kappa shape index (κ2) is 12.7. The average Bonchev–Trinajstić information content (AvgIpc) is 3.28. The van der Waals surface area contributed by atoms with Gasteiger partial charge in [0.15, 0.2) is 6.79 Å². The summed E-state index contributed by atoms with van der Waals surface area (Å²) in [5, 5.41) is 2.41. The predicted octanol–water partition coefficient (Wildman–Crippen LogP) is 4.81. The van der Waals surface area contributed by atoms with E-state index in [1.54, 1.807) is 18.3 Å². The normalized spacial score (nSPS) is 16.8. The van der Waals surface area contributed by atoms with Gasteiger partial charge in [0, 0.05) is 58.0 Å². The molecule has 3 aromatic rings. The Labute approximate surface area is 236 Å². The summed E-state index contributed by atoms with van der Waals surface area (Å²) in [6.07, 6.45) is 8.81. The SMILES string of the molecule is C[Si](C)(C)CCOCON1CCc2c(ncc3c2c(/C=C/CN2CCOCC2)cn3Cc2ccc(F)cc2)C1=O. The van der Waals surface area contributed by atoms with E-state index in [0.717, 1.165) is 66.5 Å². The Kier molecular flexibility index (Phi) is 9.12. The van der Waals surface area contributed by atoms with E-state index >= 15 is 0 Å². The molecule has 1 fully saturated rings. The van der Waals surface area contributed by atoms with Crippen LogP contribution in [0.3, 0.4) is 0 Å². The lowest BCUT2D eigenvalue weighted by Gasteiger charge is -2.27. The molecule has 0 unspecified atom stereocenters. The Morgan fingerprint density at radius 1 is 1.12 bits per heavy atom. The van der Waals surface area contributed by atoms with Crippen molar-refractivity contribution in [1.82, 2.24) is 19.5 Å². The van der Waals surface area contributed by atoms with Crippen molar-refractivity contribution in [1.29, 1.82) is 0 Å². The Bertz CT molecular complexity index is 1350. The topological polar surface area (TPSA) is 69.1 Å². The lowest BCUT2D eigenvalue weighted by Crippen LogP contribution is -2.39. The summed E-state index contributed by atoms with van der Waals surface area (Å²) in [5.41, 5.74) is 4.34. The Hall–Kier alpha value is -2.89. The molecule has 0 N–H and O–H groups in total. The minimum atomic E-state index is -1.19. The molecule has 40 heavy (non-hydrogen) atoms. The number of amides is 1. The number of nitrogens with zero attached hydrogens (tertiary/aromatic N) is 4. The number of fused-ring (bicyclic) bond motifs is 3. The van der Waals surface area contributed by atoms with E-state index in [-0.39, 0.29) is 18.5 Å². The number of carbonyl (C=O) groups is 1. The quantitative estimate of drug-likeness (QED) is 0.189. The van der Waals surface area contributed by atoms with Gasteiger partial charge in [-0.15, -0.1) is 0 Å². The number of carbonyl (C=O) groups excluding carboxylic acids is 1. The van der Waals surface area contributed by atoms with Gasteiger partial charge in [0.05, 0.1) is 31.5 Å². The van der Waals surface area contributed by atoms with E-state index in [4.69, 9.17) is 14.3 Å². The summed E-state index contributed by atoms with van der Waals surface area (Å²) in [6.45, 7) is 12.8. The molecule has 2 aliphatic rings. The molecule has 2 aliphatic heterocycles. The molecule has 0 bridgehead atoms. The van der Waals surface area contributed by atoms with Gasteiger partial charge in [0.2, 0.25) is 0 Å². The number of morpholine rings is 1. The summed E-state index contributed by atoms with van der Waals surface area (Å²) >= 11 is 0. The molecule has 2 aromatic heterocycles. The van der Waals surface area contributed by atoms with Crippen LogP contribution in [-0.2, 0) is 27.3 Å². The first-order valence-electron chi connectivity index (χ1n) is 14.0. The maximum Gasteiger partial charge on any atom is 0.296 e. The van der Waals surface area contributed by atoms with E-state index < -0.39 is 8.07 Å². The Balaban J connectivity index is 1.38. The fourth-order valence-electron chi connectivity index (χ4n) is 5.06. The fourth-order valence-corrected chi connectivity index (χ4v) is 5.82. The first-order chi connectivity index (χ1) is 19.3. The van der Waals surface area contributed by atoms with E-state index in [9.17, 15) is 9.18 Å². The summed E-state index contributed by atoms with van der Waals surface area (Å²) < 4.78 is 26.8. The number of pyridine rings is 1. The van der Waals surface area contributed by atoms with Crippen molar-refractivity contribution >= 4 is 31.0 Å². The third kappa shape index (κ3) is 7.05. The molecule has 0 aliphatic carbocycles. The van der Waals surface area contributed by atoms with Crippen molar-refractivity contribution in [3.8, 4) is 0 Å². The van der Waals surface area contributed by atoms with Gasteiger partial charge in [0.1, 0.15) is 11.5 Å². The highest BCUT2D eigenvalue weighted by atomic mass is 28.3. The van der Waals surface area contributed by atoms with Crippen molar-refractivity contribution in [2.45, 2.75) is 38.7 Å². The van der Waals surface area contributed by atoms with E-state index in [0.29, 0.717) is 31.8 Å². The Morgan fingerprint density at radius 2 is 1.90 bits per heavy atom. The average molecular weight is 567 g/mol. The molecular formula is C30H39FN4O4Si. The molecule has 5 rings (SSSR count). The van der Waals surface area contributed by atoms with Crippen LogP contribution in [0.25, 0.3) is 17.0 Å². The number of ether oxygens (including phenoxy) is 2. The van der Waals surface area contributed by atoms with Crippen molar-refractivity contribution in [2.75, 3.05) is 52.8 Å². The molecule has 1 saturated heterocycles. The highest BCUT2D eigenvalue weighted by molar-refractivity contribution is 6.76. The van der Waals surface area contributed by atoms with Gasteiger partial charge in [0.25, 0.3) is 5.91 Å². The van der Waals surface area contributed by atoms with Gasteiger partial charge < -0.3 is 14.0 Å². The molecular weight excluding hydrogens is 527 g/mol. The summed E-state index contributed by atoms with van der Waals surface area (Å²) in [4.78, 5) is 26.0. The number of hydrogen-bond acceptors (Lipinski definition) is 6. The van der Waals surface area contributed by atoms with Crippen molar-refractivity contribution in [2.24, 2.45) is 0 Å². The smallest absolute Gasteiger partial charge is 0.296 e. The molecule has 4 heterocycles. The molecule has 8 nitrogen and oxygen atoms in total. The first-order valence-corrected chi connectivity index (χ1v) is 17.7. The van der Waals surface area contributed by atoms with Crippen LogP contribution < -0.4 is 0 Å². The van der Waals surface area contributed by atoms with E-state index in [1.807, 2.05) is 0 Å². The summed E-state index contributed by atoms with van der Waals surface area (Å²) in [7, 11) is -1.19. The fraction of sp³-hybridized carbons (Fsp3) is 0.467. The van der Waals surface area contributed by atoms with Crippen LogP contribution in [0.5, 0.6) is 0 Å². The number of halogens is 1. The highest BCUT2D eigenvalue weighted by Crippen LogP contribution is 2.31. The standard InChI is InChI=1S/C30H39FN4O4Si/c1-40(2,3)18-17-38-22-39-35-12-10-26-28-24(5-4-11-33-13-15-37-16-14-33)21-34(20-23-6-8-25(31)9-7-23)27(28)19-32-29(26)30(35)36/h4-9,19,21H,10-18,20,22H2,1-3H3/b5-4+. The minimum Gasteiger partial charge on any atom is -0.379 e. The van der Waals surface area contributed by atoms with E-state index in [1.165, 1.54) is 17.2 Å². The van der Waals surface area contributed by atoms with Crippen LogP contribution >= 0.6 is 0 Å². The van der Waals surface area contributed by atoms with Crippen LogP contribution in [0, 0.1) is 5.82 Å². The molecule has 1 aromatic carbocycles. The second-order valence-corrected chi connectivity index (χ2v) is 17.2. The lowest BCUT2D eigenvalue weighted by molar-refractivity contribution is -0.195. The van der Waals surface area contributed by atoms with Gasteiger partial charge in [-0.2, -0.15) is 0 Å². The second-order valence-electron chi connectivity index (χ2n) is 11.6. The maximum absolute atomic E-state index is 13.5. The largest absolute Gasteiger partial charge is 0.379 e. The molecule has 10 heteroatoms. The summed E-state index contributed by atoms with van der Waals surface area (Å²) in [5.74, 6) is -0.498. The van der Waals surface area contributed by atoms with Crippen molar-refractivity contribution < 1.29 is 23.5 Å². The summed E-state index contributed by atoms with van der Waals surface area (Å²) in [6, 6.07) is 7.60. The molecule has 0 spiro atoms. The lowest BCUT2D eigenvalue weighted by atomic mass is 9.99. The van der Waals surface area contributed by atoms with Gasteiger partial charge >= 0.3 is 0 Å². The van der Waals surface area contributed by atoms with Crippen molar-refractivity contribution in [3.05, 3.63) is 70.9 Å². The maximum atomic E-state index is 13.5. The molecule has 0 radical (unpaired) electrons. The number of hydroxylamine groups is 2. The Morgan fingerprint density at radius 3 is 2.65 bits per heavy atom. The van der Waals surface area contributed by atoms with Gasteiger partial charge in [-0.05, 0) is 35.7 Å².